The topological polar surface area (TPSA) is 66.9 Å². The zero-order valence-corrected chi connectivity index (χ0v) is 21.9. The molecule has 0 aliphatic carbocycles. The van der Waals surface area contributed by atoms with Gasteiger partial charge in [-0.05, 0) is 60.0 Å². The van der Waals surface area contributed by atoms with Crippen LogP contribution in [0.4, 0.5) is 4.39 Å². The number of halogens is 1. The van der Waals surface area contributed by atoms with E-state index in [1.165, 1.54) is 16.4 Å². The van der Waals surface area contributed by atoms with Crippen molar-refractivity contribution >= 4 is 27.3 Å². The molecule has 36 heavy (non-hydrogen) atoms. The molecule has 1 unspecified atom stereocenters. The Bertz CT molecular complexity index is 1240. The van der Waals surface area contributed by atoms with Crippen molar-refractivity contribution in [1.82, 2.24) is 9.21 Å². The van der Waals surface area contributed by atoms with Gasteiger partial charge in [0, 0.05) is 24.6 Å². The fraction of sp³-hybridized carbons (Fsp3) is 0.370. The van der Waals surface area contributed by atoms with E-state index in [1.807, 2.05) is 24.4 Å². The monoisotopic (exact) mass is 530 g/mol. The SMILES string of the molecule is Cc1ccsc1CN(Cc1ccc(F)cc1)C(=O)CN(CC1CCCO1)S(=O)(=O)Cc1ccccc1. The summed E-state index contributed by atoms with van der Waals surface area (Å²) < 4.78 is 47.4. The van der Waals surface area contributed by atoms with Crippen LogP contribution in [-0.4, -0.2) is 49.3 Å². The highest BCUT2D eigenvalue weighted by Crippen LogP contribution is 2.22. The van der Waals surface area contributed by atoms with Crippen LogP contribution >= 0.6 is 11.3 Å². The zero-order valence-electron chi connectivity index (χ0n) is 20.3. The summed E-state index contributed by atoms with van der Waals surface area (Å²) in [5.74, 6) is -0.835. The van der Waals surface area contributed by atoms with Gasteiger partial charge in [-0.25, -0.2) is 12.8 Å². The average Bonchev–Trinajstić information content (AvgIpc) is 3.51. The number of thiophene rings is 1. The van der Waals surface area contributed by atoms with Crippen LogP contribution in [0.3, 0.4) is 0 Å². The van der Waals surface area contributed by atoms with Crippen LogP contribution < -0.4 is 0 Å². The Morgan fingerprint density at radius 2 is 1.81 bits per heavy atom. The zero-order chi connectivity index (χ0) is 25.5. The molecule has 6 nitrogen and oxygen atoms in total. The smallest absolute Gasteiger partial charge is 0.238 e. The normalized spacial score (nSPS) is 15.9. The lowest BCUT2D eigenvalue weighted by atomic mass is 10.2. The molecule has 1 saturated heterocycles. The first-order valence-corrected chi connectivity index (χ1v) is 14.5. The number of rotatable bonds is 11. The van der Waals surface area contributed by atoms with Crippen molar-refractivity contribution < 1.29 is 22.3 Å². The quantitative estimate of drug-likeness (QED) is 0.359. The van der Waals surface area contributed by atoms with E-state index < -0.39 is 10.0 Å². The number of hydrogen-bond donors (Lipinski definition) is 0. The third-order valence-electron chi connectivity index (χ3n) is 6.27. The molecule has 192 valence electrons. The fourth-order valence-corrected chi connectivity index (χ4v) is 6.62. The van der Waals surface area contributed by atoms with E-state index in [1.54, 1.807) is 52.6 Å². The van der Waals surface area contributed by atoms with Crippen molar-refractivity contribution in [3.8, 4) is 0 Å². The number of aryl methyl sites for hydroxylation is 1. The van der Waals surface area contributed by atoms with Gasteiger partial charge in [-0.3, -0.25) is 4.79 Å². The number of carbonyl (C=O) groups is 1. The maximum Gasteiger partial charge on any atom is 0.238 e. The molecule has 3 aromatic rings. The summed E-state index contributed by atoms with van der Waals surface area (Å²) in [5, 5.41) is 1.97. The molecule has 0 N–H and O–H groups in total. The molecule has 1 aliphatic rings. The van der Waals surface area contributed by atoms with Gasteiger partial charge in [0.15, 0.2) is 0 Å². The van der Waals surface area contributed by atoms with Gasteiger partial charge in [0.05, 0.1) is 24.9 Å². The van der Waals surface area contributed by atoms with E-state index >= 15 is 0 Å². The van der Waals surface area contributed by atoms with Gasteiger partial charge >= 0.3 is 0 Å². The van der Waals surface area contributed by atoms with E-state index in [-0.39, 0.29) is 43.2 Å². The van der Waals surface area contributed by atoms with Crippen molar-refractivity contribution in [3.63, 3.8) is 0 Å². The molecule has 0 spiro atoms. The van der Waals surface area contributed by atoms with Crippen LogP contribution in [0.1, 0.15) is 34.4 Å². The van der Waals surface area contributed by atoms with Crippen LogP contribution in [0.15, 0.2) is 66.0 Å². The van der Waals surface area contributed by atoms with Crippen LogP contribution in [0.25, 0.3) is 0 Å². The van der Waals surface area contributed by atoms with Crippen LogP contribution in [0.2, 0.25) is 0 Å². The molecule has 0 radical (unpaired) electrons. The Kier molecular flexibility index (Phi) is 8.90. The number of nitrogens with zero attached hydrogens (tertiary/aromatic N) is 2. The molecule has 0 bridgehead atoms. The first kappa shape index (κ1) is 26.5. The first-order valence-electron chi connectivity index (χ1n) is 12.0. The lowest BCUT2D eigenvalue weighted by Gasteiger charge is -2.29. The molecule has 2 aromatic carbocycles. The van der Waals surface area contributed by atoms with E-state index in [2.05, 4.69) is 0 Å². The van der Waals surface area contributed by atoms with Gasteiger partial charge < -0.3 is 9.64 Å². The minimum Gasteiger partial charge on any atom is -0.377 e. The molecule has 1 aromatic heterocycles. The molecule has 1 atom stereocenters. The Morgan fingerprint density at radius 1 is 1.06 bits per heavy atom. The van der Waals surface area contributed by atoms with Gasteiger partial charge in [0.1, 0.15) is 5.82 Å². The Morgan fingerprint density at radius 3 is 2.44 bits per heavy atom. The van der Waals surface area contributed by atoms with Crippen LogP contribution in [0, 0.1) is 12.7 Å². The highest BCUT2D eigenvalue weighted by Gasteiger charge is 2.31. The lowest BCUT2D eigenvalue weighted by molar-refractivity contribution is -0.132. The third-order valence-corrected chi connectivity index (χ3v) is 9.04. The third kappa shape index (κ3) is 7.22. The van der Waals surface area contributed by atoms with Gasteiger partial charge in [0.2, 0.25) is 15.9 Å². The second-order valence-electron chi connectivity index (χ2n) is 9.07. The van der Waals surface area contributed by atoms with Gasteiger partial charge in [-0.2, -0.15) is 4.31 Å². The highest BCUT2D eigenvalue weighted by atomic mass is 32.2. The molecule has 9 heteroatoms. The van der Waals surface area contributed by atoms with E-state index in [0.29, 0.717) is 18.7 Å². The summed E-state index contributed by atoms with van der Waals surface area (Å²) >= 11 is 1.55. The minimum atomic E-state index is -3.78. The Hall–Kier alpha value is -2.59. The summed E-state index contributed by atoms with van der Waals surface area (Å²) in [6, 6.07) is 17.0. The van der Waals surface area contributed by atoms with E-state index in [9.17, 15) is 17.6 Å². The van der Waals surface area contributed by atoms with Gasteiger partial charge in [-0.15, -0.1) is 11.3 Å². The summed E-state index contributed by atoms with van der Waals surface area (Å²) in [5.41, 5.74) is 2.52. The average molecular weight is 531 g/mol. The van der Waals surface area contributed by atoms with Crippen molar-refractivity contribution in [3.05, 3.63) is 93.4 Å². The molecule has 1 amide bonds. The van der Waals surface area contributed by atoms with Crippen molar-refractivity contribution in [2.45, 2.75) is 44.7 Å². The second-order valence-corrected chi connectivity index (χ2v) is 12.0. The van der Waals surface area contributed by atoms with E-state index in [4.69, 9.17) is 4.74 Å². The first-order chi connectivity index (χ1) is 17.3. The standard InChI is InChI=1S/C27H31FN2O4S2/c1-21-13-15-35-26(21)18-29(16-22-9-11-24(28)12-10-22)27(31)19-30(17-25-8-5-14-34-25)36(32,33)20-23-6-3-2-4-7-23/h2-4,6-7,9-13,15,25H,5,8,14,16-20H2,1H3. The van der Waals surface area contributed by atoms with Crippen molar-refractivity contribution in [1.29, 1.82) is 0 Å². The molecular formula is C27H31FN2O4S2. The summed E-state index contributed by atoms with van der Waals surface area (Å²) in [7, 11) is -3.78. The predicted molar refractivity (Wildman–Crippen MR) is 139 cm³/mol. The summed E-state index contributed by atoms with van der Waals surface area (Å²) in [6.45, 7) is 3.05. The number of benzene rings is 2. The second kappa shape index (κ2) is 12.1. The highest BCUT2D eigenvalue weighted by molar-refractivity contribution is 7.88. The fourth-order valence-electron chi connectivity index (χ4n) is 4.20. The predicted octanol–water partition coefficient (Wildman–Crippen LogP) is 4.74. The van der Waals surface area contributed by atoms with E-state index in [0.717, 1.165) is 28.8 Å². The Labute approximate surface area is 216 Å². The number of sulfonamides is 1. The number of hydrogen-bond acceptors (Lipinski definition) is 5. The van der Waals surface area contributed by atoms with Gasteiger partial charge in [0.25, 0.3) is 0 Å². The molecule has 1 aliphatic heterocycles. The maximum atomic E-state index is 13.6. The molecule has 4 rings (SSSR count). The van der Waals surface area contributed by atoms with Crippen LogP contribution in [0.5, 0.6) is 0 Å². The molecular weight excluding hydrogens is 499 g/mol. The lowest BCUT2D eigenvalue weighted by Crippen LogP contribution is -2.45. The van der Waals surface area contributed by atoms with Crippen LogP contribution in [-0.2, 0) is 38.4 Å². The number of carbonyl (C=O) groups excluding carboxylic acids is 1. The molecule has 1 fully saturated rings. The Balaban J connectivity index is 1.57. The van der Waals surface area contributed by atoms with Gasteiger partial charge in [-0.1, -0.05) is 42.5 Å². The summed E-state index contributed by atoms with van der Waals surface area (Å²) in [4.78, 5) is 16.3. The van der Waals surface area contributed by atoms with Crippen molar-refractivity contribution in [2.24, 2.45) is 0 Å². The number of ether oxygens (including phenoxy) is 1. The van der Waals surface area contributed by atoms with Crippen molar-refractivity contribution in [2.75, 3.05) is 19.7 Å². The minimum absolute atomic E-state index is 0.142. The number of amides is 1. The molecule has 0 saturated carbocycles. The molecule has 2 heterocycles. The summed E-state index contributed by atoms with van der Waals surface area (Å²) in [6.07, 6.45) is 1.41. The maximum absolute atomic E-state index is 13.6. The largest absolute Gasteiger partial charge is 0.377 e.